The second kappa shape index (κ2) is 4.70. The van der Waals surface area contributed by atoms with Crippen LogP contribution >= 0.6 is 0 Å². The number of carboxylic acid groups (broad SMARTS) is 1. The fourth-order valence-corrected chi connectivity index (χ4v) is 2.18. The number of carboxylic acids is 1. The molecular weight excluding hydrogens is 254 g/mol. The first kappa shape index (κ1) is 12.2. The van der Waals surface area contributed by atoms with Crippen LogP contribution in [0, 0.1) is 0 Å². The van der Waals surface area contributed by atoms with Gasteiger partial charge in [-0.3, -0.25) is 4.40 Å². The van der Waals surface area contributed by atoms with Gasteiger partial charge in [0.1, 0.15) is 5.82 Å². The number of benzene rings is 1. The summed E-state index contributed by atoms with van der Waals surface area (Å²) in [6.07, 6.45) is 1.82. The van der Waals surface area contributed by atoms with E-state index in [0.717, 1.165) is 11.3 Å². The predicted molar refractivity (Wildman–Crippen MR) is 77.1 cm³/mol. The number of aromatic nitrogens is 2. The summed E-state index contributed by atoms with van der Waals surface area (Å²) in [5.74, 6) is -0.396. The van der Waals surface area contributed by atoms with Crippen LogP contribution in [-0.4, -0.2) is 27.5 Å². The molecule has 2 N–H and O–H groups in total. The standard InChI is InChI=1S/C15H13N3O2/c1-16-11-7-5-10(6-8-11)14-17-13(15(19)20)12-4-2-3-9-18(12)14/h2-9,16H,1H3,(H,19,20). The number of carbonyl (C=O) groups is 1. The van der Waals surface area contributed by atoms with Crippen LogP contribution in [0.15, 0.2) is 48.7 Å². The summed E-state index contributed by atoms with van der Waals surface area (Å²) >= 11 is 0. The lowest BCUT2D eigenvalue weighted by Crippen LogP contribution is -1.97. The lowest BCUT2D eigenvalue weighted by Gasteiger charge is -2.03. The van der Waals surface area contributed by atoms with Crippen LogP contribution in [-0.2, 0) is 0 Å². The predicted octanol–water partition coefficient (Wildman–Crippen LogP) is 2.74. The maximum Gasteiger partial charge on any atom is 0.356 e. The summed E-state index contributed by atoms with van der Waals surface area (Å²) in [6, 6.07) is 13.1. The topological polar surface area (TPSA) is 66.6 Å². The lowest BCUT2D eigenvalue weighted by molar-refractivity contribution is 0.0693. The molecule has 100 valence electrons. The normalized spacial score (nSPS) is 10.7. The van der Waals surface area contributed by atoms with E-state index in [1.165, 1.54) is 0 Å². The Labute approximate surface area is 115 Å². The largest absolute Gasteiger partial charge is 0.476 e. The van der Waals surface area contributed by atoms with Gasteiger partial charge < -0.3 is 10.4 Å². The summed E-state index contributed by atoms with van der Waals surface area (Å²) in [6.45, 7) is 0. The smallest absolute Gasteiger partial charge is 0.356 e. The number of hydrogen-bond acceptors (Lipinski definition) is 3. The van der Waals surface area contributed by atoms with Crippen molar-refractivity contribution in [3.8, 4) is 11.4 Å². The molecule has 0 saturated heterocycles. The van der Waals surface area contributed by atoms with Gasteiger partial charge in [0.15, 0.2) is 5.69 Å². The molecule has 0 aliphatic heterocycles. The molecule has 0 saturated carbocycles. The number of aromatic carboxylic acids is 1. The Kier molecular flexibility index (Phi) is 2.87. The van der Waals surface area contributed by atoms with Gasteiger partial charge in [-0.15, -0.1) is 0 Å². The van der Waals surface area contributed by atoms with Crippen molar-refractivity contribution >= 4 is 17.2 Å². The Hall–Kier alpha value is -2.82. The quantitative estimate of drug-likeness (QED) is 0.765. The first-order valence-electron chi connectivity index (χ1n) is 6.19. The molecule has 2 heterocycles. The molecule has 0 unspecified atom stereocenters. The fourth-order valence-electron chi connectivity index (χ4n) is 2.18. The van der Waals surface area contributed by atoms with Crippen molar-refractivity contribution in [1.29, 1.82) is 0 Å². The monoisotopic (exact) mass is 267 g/mol. The van der Waals surface area contributed by atoms with Crippen molar-refractivity contribution in [2.24, 2.45) is 0 Å². The summed E-state index contributed by atoms with van der Waals surface area (Å²) < 4.78 is 1.79. The number of anilines is 1. The molecule has 0 radical (unpaired) electrons. The van der Waals surface area contributed by atoms with Crippen LogP contribution < -0.4 is 5.32 Å². The van der Waals surface area contributed by atoms with E-state index in [4.69, 9.17) is 0 Å². The Morgan fingerprint density at radius 2 is 1.95 bits per heavy atom. The molecule has 0 spiro atoms. The number of pyridine rings is 1. The van der Waals surface area contributed by atoms with Crippen molar-refractivity contribution in [3.63, 3.8) is 0 Å². The lowest BCUT2D eigenvalue weighted by atomic mass is 10.2. The summed E-state index contributed by atoms with van der Waals surface area (Å²) in [5.41, 5.74) is 2.52. The first-order chi connectivity index (χ1) is 9.70. The van der Waals surface area contributed by atoms with E-state index in [-0.39, 0.29) is 5.69 Å². The highest BCUT2D eigenvalue weighted by molar-refractivity contribution is 5.95. The van der Waals surface area contributed by atoms with Gasteiger partial charge in [-0.05, 0) is 36.4 Å². The van der Waals surface area contributed by atoms with Crippen LogP contribution in [0.4, 0.5) is 5.69 Å². The number of imidazole rings is 1. The average Bonchev–Trinajstić information content (AvgIpc) is 2.87. The van der Waals surface area contributed by atoms with Gasteiger partial charge in [-0.25, -0.2) is 9.78 Å². The molecule has 3 rings (SSSR count). The fraction of sp³-hybridized carbons (Fsp3) is 0.0667. The van der Waals surface area contributed by atoms with Gasteiger partial charge in [0.2, 0.25) is 0 Å². The molecule has 5 heteroatoms. The third kappa shape index (κ3) is 1.89. The van der Waals surface area contributed by atoms with E-state index in [1.807, 2.05) is 43.6 Å². The second-order valence-electron chi connectivity index (χ2n) is 4.37. The summed E-state index contributed by atoms with van der Waals surface area (Å²) in [7, 11) is 1.85. The van der Waals surface area contributed by atoms with Gasteiger partial charge in [-0.2, -0.15) is 0 Å². The molecular formula is C15H13N3O2. The maximum absolute atomic E-state index is 11.3. The minimum Gasteiger partial charge on any atom is -0.476 e. The minimum atomic E-state index is -1.02. The van der Waals surface area contributed by atoms with E-state index >= 15 is 0 Å². The Bertz CT molecular complexity index is 775. The highest BCUT2D eigenvalue weighted by atomic mass is 16.4. The summed E-state index contributed by atoms with van der Waals surface area (Å²) in [4.78, 5) is 15.5. The summed E-state index contributed by atoms with van der Waals surface area (Å²) in [5, 5.41) is 12.3. The molecule has 0 fully saturated rings. The highest BCUT2D eigenvalue weighted by Gasteiger charge is 2.16. The molecule has 1 aromatic carbocycles. The Balaban J connectivity index is 2.22. The number of rotatable bonds is 3. The van der Waals surface area contributed by atoms with E-state index in [2.05, 4.69) is 10.3 Å². The minimum absolute atomic E-state index is 0.0679. The second-order valence-corrected chi connectivity index (χ2v) is 4.37. The van der Waals surface area contributed by atoms with Crippen molar-refractivity contribution in [3.05, 3.63) is 54.4 Å². The average molecular weight is 267 g/mol. The third-order valence-electron chi connectivity index (χ3n) is 3.18. The number of hydrogen-bond donors (Lipinski definition) is 2. The SMILES string of the molecule is CNc1ccc(-c2nc(C(=O)O)c3ccccn23)cc1. The molecule has 0 bridgehead atoms. The number of nitrogens with one attached hydrogen (secondary N) is 1. The van der Waals surface area contributed by atoms with E-state index in [0.29, 0.717) is 11.3 Å². The van der Waals surface area contributed by atoms with Crippen LogP contribution in [0.2, 0.25) is 0 Å². The first-order valence-corrected chi connectivity index (χ1v) is 6.19. The van der Waals surface area contributed by atoms with Gasteiger partial charge in [0.05, 0.1) is 5.52 Å². The Morgan fingerprint density at radius 1 is 1.20 bits per heavy atom. The van der Waals surface area contributed by atoms with Crippen LogP contribution in [0.3, 0.4) is 0 Å². The Morgan fingerprint density at radius 3 is 2.60 bits per heavy atom. The van der Waals surface area contributed by atoms with Crippen LogP contribution in [0.1, 0.15) is 10.5 Å². The zero-order valence-electron chi connectivity index (χ0n) is 10.9. The molecule has 3 aromatic rings. The highest BCUT2D eigenvalue weighted by Crippen LogP contribution is 2.24. The molecule has 2 aromatic heterocycles. The van der Waals surface area contributed by atoms with E-state index in [9.17, 15) is 9.90 Å². The zero-order valence-corrected chi connectivity index (χ0v) is 10.9. The van der Waals surface area contributed by atoms with Crippen LogP contribution in [0.25, 0.3) is 16.9 Å². The van der Waals surface area contributed by atoms with E-state index < -0.39 is 5.97 Å². The third-order valence-corrected chi connectivity index (χ3v) is 3.18. The van der Waals surface area contributed by atoms with Gasteiger partial charge in [0.25, 0.3) is 0 Å². The molecule has 20 heavy (non-hydrogen) atoms. The molecule has 0 aliphatic carbocycles. The van der Waals surface area contributed by atoms with Gasteiger partial charge in [-0.1, -0.05) is 6.07 Å². The van der Waals surface area contributed by atoms with E-state index in [1.54, 1.807) is 16.5 Å². The molecule has 0 amide bonds. The van der Waals surface area contributed by atoms with Crippen molar-refractivity contribution in [2.45, 2.75) is 0 Å². The van der Waals surface area contributed by atoms with Gasteiger partial charge in [0, 0.05) is 24.5 Å². The van der Waals surface area contributed by atoms with Crippen molar-refractivity contribution in [1.82, 2.24) is 9.38 Å². The zero-order chi connectivity index (χ0) is 14.1. The number of fused-ring (bicyclic) bond motifs is 1. The van der Waals surface area contributed by atoms with Crippen molar-refractivity contribution < 1.29 is 9.90 Å². The maximum atomic E-state index is 11.3. The van der Waals surface area contributed by atoms with Crippen LogP contribution in [0.5, 0.6) is 0 Å². The number of nitrogens with zero attached hydrogens (tertiary/aromatic N) is 2. The molecule has 0 atom stereocenters. The molecule has 5 nitrogen and oxygen atoms in total. The van der Waals surface area contributed by atoms with Gasteiger partial charge >= 0.3 is 5.97 Å². The van der Waals surface area contributed by atoms with Crippen molar-refractivity contribution in [2.75, 3.05) is 12.4 Å². The molecule has 0 aliphatic rings.